The summed E-state index contributed by atoms with van der Waals surface area (Å²) < 4.78 is 50.8. The number of anilines is 2. The maximum atomic E-state index is 13.3. The highest BCUT2D eigenvalue weighted by Gasteiger charge is 2.18. The second kappa shape index (κ2) is 10.5. The van der Waals surface area contributed by atoms with Crippen LogP contribution in [-0.2, 0) is 14.8 Å². The molecule has 0 aliphatic carbocycles. The predicted molar refractivity (Wildman–Crippen MR) is 120 cm³/mol. The molecule has 0 bridgehead atoms. The zero-order valence-corrected chi connectivity index (χ0v) is 18.9. The van der Waals surface area contributed by atoms with Gasteiger partial charge in [0.2, 0.25) is 15.1 Å². The molecule has 0 saturated carbocycles. The molecule has 32 heavy (non-hydrogen) atoms. The molecule has 1 aromatic heterocycles. The molecule has 2 amide bonds. The van der Waals surface area contributed by atoms with Crippen LogP contribution in [0.15, 0.2) is 59.6 Å². The van der Waals surface area contributed by atoms with E-state index >= 15 is 0 Å². The average molecular weight is 481 g/mol. The summed E-state index contributed by atoms with van der Waals surface area (Å²) >= 11 is 1.06. The number of urea groups is 1. The number of nitrogens with zero attached hydrogens (tertiary/aromatic N) is 2. The third kappa shape index (κ3) is 6.23. The van der Waals surface area contributed by atoms with E-state index in [1.54, 1.807) is 18.2 Å². The van der Waals surface area contributed by atoms with E-state index in [1.807, 2.05) is 0 Å². The number of nitrogens with one attached hydrogen (secondary N) is 2. The van der Waals surface area contributed by atoms with Crippen LogP contribution < -0.4 is 19.7 Å². The van der Waals surface area contributed by atoms with Gasteiger partial charge in [0.25, 0.3) is 0 Å². The van der Waals surface area contributed by atoms with E-state index in [4.69, 9.17) is 9.47 Å². The second-order valence-electron chi connectivity index (χ2n) is 6.42. The molecule has 9 nitrogen and oxygen atoms in total. The summed E-state index contributed by atoms with van der Waals surface area (Å²) in [7, 11) is -0.774. The van der Waals surface area contributed by atoms with Gasteiger partial charge in [0.05, 0.1) is 17.7 Å². The molecule has 0 aliphatic heterocycles. The van der Waals surface area contributed by atoms with E-state index in [1.165, 1.54) is 55.6 Å². The number of ether oxygens (including phenoxy) is 2. The van der Waals surface area contributed by atoms with Crippen molar-refractivity contribution < 1.29 is 27.1 Å². The fourth-order valence-electron chi connectivity index (χ4n) is 2.52. The van der Waals surface area contributed by atoms with Crippen molar-refractivity contribution in [2.24, 2.45) is 0 Å². The molecule has 12 heteroatoms. The lowest BCUT2D eigenvalue weighted by Crippen LogP contribution is -2.31. The summed E-state index contributed by atoms with van der Waals surface area (Å²) in [5.74, 6) is -0.124. The van der Waals surface area contributed by atoms with Crippen molar-refractivity contribution >= 4 is 38.2 Å². The fraction of sp³-hybridized carbons (Fsp3) is 0.200. The molecule has 0 spiro atoms. The van der Waals surface area contributed by atoms with Gasteiger partial charge in [-0.3, -0.25) is 10.2 Å². The zero-order valence-electron chi connectivity index (χ0n) is 17.2. The summed E-state index contributed by atoms with van der Waals surface area (Å²) in [4.78, 5) is 18.0. The lowest BCUT2D eigenvalue weighted by Gasteiger charge is -2.18. The summed E-state index contributed by atoms with van der Waals surface area (Å²) in [6.07, 6.45) is 1.41. The normalized spacial score (nSPS) is 11.2. The molecule has 3 aromatic rings. The average Bonchev–Trinajstić information content (AvgIpc) is 3.20. The standard InChI is InChI=1S/C20H21FN4O5S2/c1-25(15-6-4-8-17(12-15)32(27,28)23-9-10-29-2)20(26)24-19-22-13-18(31-19)30-16-7-3-5-14(21)11-16/h3-8,11-13,23H,9-10H2,1-2H3,(H,22,24,26). The molecule has 2 N–H and O–H groups in total. The van der Waals surface area contributed by atoms with Crippen molar-refractivity contribution in [3.05, 3.63) is 60.5 Å². The second-order valence-corrected chi connectivity index (χ2v) is 9.18. The van der Waals surface area contributed by atoms with Crippen LogP contribution in [0.4, 0.5) is 20.0 Å². The number of aromatic nitrogens is 1. The number of benzene rings is 2. The summed E-state index contributed by atoms with van der Waals surface area (Å²) in [6.45, 7) is 0.365. The van der Waals surface area contributed by atoms with Gasteiger partial charge in [-0.1, -0.05) is 23.5 Å². The van der Waals surface area contributed by atoms with Crippen LogP contribution >= 0.6 is 11.3 Å². The Morgan fingerprint density at radius 1 is 1.22 bits per heavy atom. The van der Waals surface area contributed by atoms with Crippen molar-refractivity contribution in [3.8, 4) is 10.8 Å². The maximum absolute atomic E-state index is 13.3. The number of carbonyl (C=O) groups is 1. The lowest BCUT2D eigenvalue weighted by atomic mass is 10.3. The minimum absolute atomic E-state index is 0.0192. The largest absolute Gasteiger partial charge is 0.445 e. The Labute approximate surface area is 188 Å². The van der Waals surface area contributed by atoms with Crippen LogP contribution in [0, 0.1) is 5.82 Å². The van der Waals surface area contributed by atoms with Crippen molar-refractivity contribution in [2.75, 3.05) is 37.5 Å². The van der Waals surface area contributed by atoms with E-state index in [0.29, 0.717) is 16.5 Å². The molecule has 0 saturated heterocycles. The van der Waals surface area contributed by atoms with E-state index in [-0.39, 0.29) is 23.2 Å². The smallest absolute Gasteiger partial charge is 0.327 e. The SMILES string of the molecule is COCCNS(=O)(=O)c1cccc(N(C)C(=O)Nc2ncc(Oc3cccc(F)c3)s2)c1. The van der Waals surface area contributed by atoms with Gasteiger partial charge in [0, 0.05) is 32.5 Å². The summed E-state index contributed by atoms with van der Waals surface area (Å²) in [5.41, 5.74) is 0.366. The number of hydrogen-bond acceptors (Lipinski definition) is 7. The number of sulfonamides is 1. The number of amides is 2. The molecule has 0 fully saturated rings. The molecular formula is C20H21FN4O5S2. The van der Waals surface area contributed by atoms with E-state index < -0.39 is 21.9 Å². The number of hydrogen-bond donors (Lipinski definition) is 2. The molecule has 2 aromatic carbocycles. The van der Waals surface area contributed by atoms with Crippen molar-refractivity contribution in [2.45, 2.75) is 4.90 Å². The van der Waals surface area contributed by atoms with Crippen LogP contribution in [0.1, 0.15) is 0 Å². The highest BCUT2D eigenvalue weighted by molar-refractivity contribution is 7.89. The van der Waals surface area contributed by atoms with Crippen molar-refractivity contribution in [3.63, 3.8) is 0 Å². The van der Waals surface area contributed by atoms with Crippen LogP contribution in [0.5, 0.6) is 10.8 Å². The van der Waals surface area contributed by atoms with Gasteiger partial charge in [-0.2, -0.15) is 0 Å². The molecule has 0 radical (unpaired) electrons. The molecular weight excluding hydrogens is 459 g/mol. The van der Waals surface area contributed by atoms with Gasteiger partial charge in [0.1, 0.15) is 11.6 Å². The van der Waals surface area contributed by atoms with Crippen LogP contribution in [0.25, 0.3) is 0 Å². The minimum atomic E-state index is -3.74. The Hall–Kier alpha value is -3.06. The Morgan fingerprint density at radius 2 is 2.00 bits per heavy atom. The first-order chi connectivity index (χ1) is 15.3. The van der Waals surface area contributed by atoms with E-state index in [2.05, 4.69) is 15.0 Å². The first kappa shape index (κ1) is 23.6. The Balaban J connectivity index is 1.65. The first-order valence-electron chi connectivity index (χ1n) is 9.31. The van der Waals surface area contributed by atoms with Crippen LogP contribution in [-0.4, -0.2) is 46.7 Å². The van der Waals surface area contributed by atoms with Gasteiger partial charge in [-0.25, -0.2) is 27.3 Å². The number of rotatable bonds is 9. The molecule has 3 rings (SSSR count). The lowest BCUT2D eigenvalue weighted by molar-refractivity contribution is 0.204. The van der Waals surface area contributed by atoms with Crippen LogP contribution in [0.3, 0.4) is 0 Å². The van der Waals surface area contributed by atoms with E-state index in [0.717, 1.165) is 11.3 Å². The first-order valence-corrected chi connectivity index (χ1v) is 11.6. The van der Waals surface area contributed by atoms with Gasteiger partial charge in [-0.05, 0) is 30.3 Å². The number of carbonyl (C=O) groups excluding carboxylic acids is 1. The topological polar surface area (TPSA) is 110 Å². The molecule has 170 valence electrons. The minimum Gasteiger partial charge on any atom is -0.445 e. The quantitative estimate of drug-likeness (QED) is 0.452. The third-order valence-electron chi connectivity index (χ3n) is 4.13. The Morgan fingerprint density at radius 3 is 2.75 bits per heavy atom. The number of methoxy groups -OCH3 is 1. The molecule has 1 heterocycles. The Bertz CT molecular complexity index is 1190. The predicted octanol–water partition coefficient (Wildman–Crippen LogP) is 3.67. The van der Waals surface area contributed by atoms with Gasteiger partial charge in [-0.15, -0.1) is 0 Å². The monoisotopic (exact) mass is 480 g/mol. The Kier molecular flexibility index (Phi) is 7.75. The number of thiazole rings is 1. The number of halogens is 1. The maximum Gasteiger partial charge on any atom is 0.327 e. The van der Waals surface area contributed by atoms with Gasteiger partial charge >= 0.3 is 6.03 Å². The molecule has 0 atom stereocenters. The van der Waals surface area contributed by atoms with Crippen LogP contribution in [0.2, 0.25) is 0 Å². The van der Waals surface area contributed by atoms with Crippen molar-refractivity contribution in [1.29, 1.82) is 0 Å². The fourth-order valence-corrected chi connectivity index (χ4v) is 4.25. The molecule has 0 unspecified atom stereocenters. The third-order valence-corrected chi connectivity index (χ3v) is 6.38. The molecule has 0 aliphatic rings. The van der Waals surface area contributed by atoms with E-state index in [9.17, 15) is 17.6 Å². The van der Waals surface area contributed by atoms with Gasteiger partial charge < -0.3 is 9.47 Å². The highest BCUT2D eigenvalue weighted by Crippen LogP contribution is 2.31. The highest BCUT2D eigenvalue weighted by atomic mass is 32.2. The van der Waals surface area contributed by atoms with Gasteiger partial charge in [0.15, 0.2) is 5.13 Å². The summed E-state index contributed by atoms with van der Waals surface area (Å²) in [5, 5.41) is 3.24. The van der Waals surface area contributed by atoms with Crippen molar-refractivity contribution in [1.82, 2.24) is 9.71 Å². The summed E-state index contributed by atoms with van der Waals surface area (Å²) in [6, 6.07) is 11.1. The zero-order chi connectivity index (χ0) is 23.1.